The molecule has 0 radical (unpaired) electrons. The zero-order valence-electron chi connectivity index (χ0n) is 15.7. The van der Waals surface area contributed by atoms with Gasteiger partial charge in [0.25, 0.3) is 0 Å². The highest BCUT2D eigenvalue weighted by Gasteiger charge is 2.25. The van der Waals surface area contributed by atoms with E-state index >= 15 is 0 Å². The maximum absolute atomic E-state index is 5.84. The van der Waals surface area contributed by atoms with Gasteiger partial charge >= 0.3 is 0 Å². The molecule has 1 fully saturated rings. The van der Waals surface area contributed by atoms with Crippen molar-refractivity contribution in [2.45, 2.75) is 32.9 Å². The molecule has 0 amide bonds. The molecule has 0 aliphatic heterocycles. The molecule has 1 aliphatic rings. The van der Waals surface area contributed by atoms with E-state index in [2.05, 4.69) is 28.9 Å². The number of para-hydroxylation sites is 1. The molecule has 4 rings (SSSR count). The Labute approximate surface area is 165 Å². The second-order valence-corrected chi connectivity index (χ2v) is 7.55. The maximum Gasteiger partial charge on any atom is 0.204 e. The Morgan fingerprint density at radius 3 is 2.63 bits per heavy atom. The second-order valence-electron chi connectivity index (χ2n) is 7.18. The maximum atomic E-state index is 5.84. The summed E-state index contributed by atoms with van der Waals surface area (Å²) in [6, 6.07) is 14.2. The van der Waals surface area contributed by atoms with E-state index in [9.17, 15) is 0 Å². The largest absolute Gasteiger partial charge is 0.284 e. The zero-order valence-corrected chi connectivity index (χ0v) is 16.5. The minimum Gasteiger partial charge on any atom is -0.284 e. The standard InChI is InChI=1S/C21H25N5S/c1-2-13-24(15-17-10-11-17)16-25-21(27)26(19-8-4-3-5-9-19)20(23-25)18-7-6-12-22-14-18/h3-9,12,14,17H,2,10-11,13,15-16H2,1H3. The van der Waals surface area contributed by atoms with Gasteiger partial charge in [-0.1, -0.05) is 25.1 Å². The van der Waals surface area contributed by atoms with E-state index in [1.807, 2.05) is 45.8 Å². The van der Waals surface area contributed by atoms with Crippen molar-refractivity contribution in [2.24, 2.45) is 5.92 Å². The molecule has 5 nitrogen and oxygen atoms in total. The van der Waals surface area contributed by atoms with E-state index in [-0.39, 0.29) is 0 Å². The lowest BCUT2D eigenvalue weighted by Crippen LogP contribution is -2.30. The molecule has 0 saturated heterocycles. The van der Waals surface area contributed by atoms with E-state index in [0.717, 1.165) is 53.9 Å². The number of pyridine rings is 1. The summed E-state index contributed by atoms with van der Waals surface area (Å²) >= 11 is 5.84. The number of nitrogens with zero attached hydrogens (tertiary/aromatic N) is 5. The SMILES string of the molecule is CCCN(CC1CC1)Cn1nc(-c2cccnc2)n(-c2ccccc2)c1=S. The van der Waals surface area contributed by atoms with Crippen LogP contribution in [0.5, 0.6) is 0 Å². The van der Waals surface area contributed by atoms with Gasteiger partial charge in [0.2, 0.25) is 4.77 Å². The normalized spacial score (nSPS) is 14.0. The summed E-state index contributed by atoms with van der Waals surface area (Å²) in [5, 5.41) is 4.90. The minimum absolute atomic E-state index is 0.719. The molecule has 0 N–H and O–H groups in total. The molecule has 140 valence electrons. The smallest absolute Gasteiger partial charge is 0.204 e. The van der Waals surface area contributed by atoms with Crippen molar-refractivity contribution in [1.29, 1.82) is 0 Å². The summed E-state index contributed by atoms with van der Waals surface area (Å²) in [5.74, 6) is 1.68. The molecule has 0 spiro atoms. The van der Waals surface area contributed by atoms with Crippen LogP contribution in [0.4, 0.5) is 0 Å². The third-order valence-corrected chi connectivity index (χ3v) is 5.25. The van der Waals surface area contributed by atoms with Crippen LogP contribution in [0.25, 0.3) is 17.1 Å². The van der Waals surface area contributed by atoms with Crippen molar-refractivity contribution in [1.82, 2.24) is 24.2 Å². The van der Waals surface area contributed by atoms with E-state index in [1.54, 1.807) is 6.20 Å². The Morgan fingerprint density at radius 1 is 1.15 bits per heavy atom. The van der Waals surface area contributed by atoms with Gasteiger partial charge in [0.1, 0.15) is 0 Å². The molecule has 2 heterocycles. The van der Waals surface area contributed by atoms with Gasteiger partial charge < -0.3 is 0 Å². The van der Waals surface area contributed by atoms with Crippen LogP contribution in [0, 0.1) is 10.7 Å². The van der Waals surface area contributed by atoms with Crippen molar-refractivity contribution in [3.8, 4) is 17.1 Å². The van der Waals surface area contributed by atoms with E-state index in [1.165, 1.54) is 12.8 Å². The highest BCUT2D eigenvalue weighted by atomic mass is 32.1. The summed E-state index contributed by atoms with van der Waals surface area (Å²) in [5.41, 5.74) is 1.99. The molecular formula is C21H25N5S. The first kappa shape index (κ1) is 18.1. The van der Waals surface area contributed by atoms with Gasteiger partial charge in [-0.15, -0.1) is 5.10 Å². The van der Waals surface area contributed by atoms with Crippen molar-refractivity contribution < 1.29 is 0 Å². The highest BCUT2D eigenvalue weighted by molar-refractivity contribution is 7.71. The number of aromatic nitrogens is 4. The van der Waals surface area contributed by atoms with Gasteiger partial charge in [-0.2, -0.15) is 0 Å². The quantitative estimate of drug-likeness (QED) is 0.539. The first-order valence-electron chi connectivity index (χ1n) is 9.64. The Bertz CT molecular complexity index is 928. The first-order chi connectivity index (χ1) is 13.3. The lowest BCUT2D eigenvalue weighted by atomic mass is 10.2. The fraction of sp³-hybridized carbons (Fsp3) is 0.381. The van der Waals surface area contributed by atoms with Crippen LogP contribution in [-0.4, -0.2) is 37.3 Å². The molecule has 1 aromatic carbocycles. The summed E-state index contributed by atoms with van der Waals surface area (Å²) < 4.78 is 4.73. The van der Waals surface area contributed by atoms with Gasteiger partial charge in [0.15, 0.2) is 5.82 Å². The number of hydrogen-bond acceptors (Lipinski definition) is 4. The van der Waals surface area contributed by atoms with E-state index in [0.29, 0.717) is 0 Å². The van der Waals surface area contributed by atoms with Gasteiger partial charge in [-0.3, -0.25) is 14.5 Å². The number of benzene rings is 1. The van der Waals surface area contributed by atoms with Crippen LogP contribution < -0.4 is 0 Å². The molecule has 0 bridgehead atoms. The Hall–Kier alpha value is -2.31. The van der Waals surface area contributed by atoms with Gasteiger partial charge in [0, 0.05) is 30.2 Å². The van der Waals surface area contributed by atoms with Crippen molar-refractivity contribution in [2.75, 3.05) is 13.1 Å². The molecule has 1 saturated carbocycles. The van der Waals surface area contributed by atoms with Crippen LogP contribution >= 0.6 is 12.2 Å². The van der Waals surface area contributed by atoms with Gasteiger partial charge in [-0.25, -0.2) is 4.68 Å². The lowest BCUT2D eigenvalue weighted by molar-refractivity contribution is 0.197. The van der Waals surface area contributed by atoms with Crippen LogP contribution in [-0.2, 0) is 6.67 Å². The predicted octanol–water partition coefficient (Wildman–Crippen LogP) is 4.54. The second kappa shape index (κ2) is 8.15. The molecule has 6 heteroatoms. The summed E-state index contributed by atoms with van der Waals surface area (Å²) in [4.78, 5) is 6.74. The van der Waals surface area contributed by atoms with E-state index in [4.69, 9.17) is 17.3 Å². The molecule has 27 heavy (non-hydrogen) atoms. The van der Waals surface area contributed by atoms with Crippen LogP contribution in [0.3, 0.4) is 0 Å². The average molecular weight is 380 g/mol. The summed E-state index contributed by atoms with van der Waals surface area (Å²) in [6.07, 6.45) is 7.46. The van der Waals surface area contributed by atoms with Crippen LogP contribution in [0.1, 0.15) is 26.2 Å². The average Bonchev–Trinajstić information content (AvgIpc) is 3.46. The Kier molecular flexibility index (Phi) is 5.45. The van der Waals surface area contributed by atoms with Crippen molar-refractivity contribution in [3.05, 3.63) is 59.6 Å². The molecular weight excluding hydrogens is 354 g/mol. The van der Waals surface area contributed by atoms with Gasteiger partial charge in [-0.05, 0) is 68.2 Å². The van der Waals surface area contributed by atoms with Crippen molar-refractivity contribution in [3.63, 3.8) is 0 Å². The van der Waals surface area contributed by atoms with Crippen LogP contribution in [0.15, 0.2) is 54.9 Å². The first-order valence-corrected chi connectivity index (χ1v) is 10.0. The number of rotatable bonds is 8. The monoisotopic (exact) mass is 379 g/mol. The highest BCUT2D eigenvalue weighted by Crippen LogP contribution is 2.30. The fourth-order valence-corrected chi connectivity index (χ4v) is 3.67. The topological polar surface area (TPSA) is 38.9 Å². The third-order valence-electron chi connectivity index (χ3n) is 4.86. The molecule has 2 aromatic heterocycles. The lowest BCUT2D eigenvalue weighted by Gasteiger charge is -2.21. The fourth-order valence-electron chi connectivity index (χ4n) is 3.38. The summed E-state index contributed by atoms with van der Waals surface area (Å²) in [6.45, 7) is 5.16. The third kappa shape index (κ3) is 4.17. The Morgan fingerprint density at radius 2 is 1.96 bits per heavy atom. The Balaban J connectivity index is 1.74. The molecule has 0 atom stereocenters. The molecule has 0 unspecified atom stereocenters. The predicted molar refractivity (Wildman–Crippen MR) is 110 cm³/mol. The van der Waals surface area contributed by atoms with Crippen molar-refractivity contribution >= 4 is 12.2 Å². The van der Waals surface area contributed by atoms with Gasteiger partial charge in [0.05, 0.1) is 6.67 Å². The molecule has 1 aliphatic carbocycles. The zero-order chi connectivity index (χ0) is 18.6. The van der Waals surface area contributed by atoms with E-state index < -0.39 is 0 Å². The minimum atomic E-state index is 0.719. The van der Waals surface area contributed by atoms with Crippen LogP contribution in [0.2, 0.25) is 0 Å². The number of hydrogen-bond donors (Lipinski definition) is 0. The molecule has 3 aromatic rings. The summed E-state index contributed by atoms with van der Waals surface area (Å²) in [7, 11) is 0.